The van der Waals surface area contributed by atoms with Crippen molar-refractivity contribution in [2.45, 2.75) is 58.0 Å². The van der Waals surface area contributed by atoms with Gasteiger partial charge in [0.25, 0.3) is 5.56 Å². The number of hydrogen-bond donors (Lipinski definition) is 2. The summed E-state index contributed by atoms with van der Waals surface area (Å²) < 4.78 is 1.37. The number of hydrogen-bond acceptors (Lipinski definition) is 3. The minimum Gasteiger partial charge on any atom is -0.397 e. The lowest BCUT2D eigenvalue weighted by molar-refractivity contribution is -0.122. The van der Waals surface area contributed by atoms with Crippen LogP contribution in [0.4, 0.5) is 5.69 Å². The SMILES string of the molecule is Cc1cc(=O)n(CC(=O)NC2CCCCCC2)cc1N. The highest BCUT2D eigenvalue weighted by atomic mass is 16.2. The molecule has 1 aromatic heterocycles. The number of aromatic nitrogens is 1. The summed E-state index contributed by atoms with van der Waals surface area (Å²) in [6.07, 6.45) is 8.46. The summed E-state index contributed by atoms with van der Waals surface area (Å²) in [5.41, 5.74) is 6.87. The van der Waals surface area contributed by atoms with Crippen LogP contribution in [0, 0.1) is 6.92 Å². The van der Waals surface area contributed by atoms with E-state index in [0.29, 0.717) is 5.69 Å². The van der Waals surface area contributed by atoms with Crippen LogP contribution in [0.5, 0.6) is 0 Å². The molecule has 5 nitrogen and oxygen atoms in total. The van der Waals surface area contributed by atoms with Gasteiger partial charge < -0.3 is 15.6 Å². The minimum absolute atomic E-state index is 0.0415. The molecule has 0 unspecified atom stereocenters. The maximum absolute atomic E-state index is 12.0. The number of nitrogens with one attached hydrogen (secondary N) is 1. The van der Waals surface area contributed by atoms with Gasteiger partial charge in [0.05, 0.1) is 5.69 Å². The van der Waals surface area contributed by atoms with Crippen molar-refractivity contribution < 1.29 is 4.79 Å². The van der Waals surface area contributed by atoms with Crippen molar-refractivity contribution in [2.75, 3.05) is 5.73 Å². The molecule has 0 saturated heterocycles. The number of carbonyl (C=O) groups is 1. The monoisotopic (exact) mass is 277 g/mol. The first-order valence-electron chi connectivity index (χ1n) is 7.32. The molecule has 1 aromatic rings. The summed E-state index contributed by atoms with van der Waals surface area (Å²) in [7, 11) is 0. The molecule has 1 fully saturated rings. The summed E-state index contributed by atoms with van der Waals surface area (Å²) in [4.78, 5) is 23.8. The highest BCUT2D eigenvalue weighted by Gasteiger charge is 2.15. The van der Waals surface area contributed by atoms with E-state index in [9.17, 15) is 9.59 Å². The van der Waals surface area contributed by atoms with Crippen molar-refractivity contribution in [3.05, 3.63) is 28.2 Å². The lowest BCUT2D eigenvalue weighted by Gasteiger charge is -2.17. The van der Waals surface area contributed by atoms with Gasteiger partial charge in [0.2, 0.25) is 5.91 Å². The molecule has 5 heteroatoms. The first-order valence-corrected chi connectivity index (χ1v) is 7.32. The molecule has 110 valence electrons. The first-order chi connectivity index (χ1) is 9.56. The molecule has 1 saturated carbocycles. The Hall–Kier alpha value is -1.78. The van der Waals surface area contributed by atoms with Crippen molar-refractivity contribution in [2.24, 2.45) is 0 Å². The third-order valence-electron chi connectivity index (χ3n) is 3.91. The van der Waals surface area contributed by atoms with Crippen molar-refractivity contribution in [3.63, 3.8) is 0 Å². The number of pyridine rings is 1. The number of nitrogens with zero attached hydrogens (tertiary/aromatic N) is 1. The largest absolute Gasteiger partial charge is 0.397 e. The molecule has 0 atom stereocenters. The normalized spacial score (nSPS) is 16.6. The number of rotatable bonds is 3. The zero-order valence-corrected chi connectivity index (χ0v) is 12.0. The van der Waals surface area contributed by atoms with Crippen LogP contribution in [-0.4, -0.2) is 16.5 Å². The molecule has 20 heavy (non-hydrogen) atoms. The van der Waals surface area contributed by atoms with E-state index in [-0.39, 0.29) is 24.1 Å². The summed E-state index contributed by atoms with van der Waals surface area (Å²) in [5, 5.41) is 3.03. The molecule has 0 aliphatic heterocycles. The summed E-state index contributed by atoms with van der Waals surface area (Å²) in [6.45, 7) is 1.83. The van der Waals surface area contributed by atoms with Crippen LogP contribution in [0.1, 0.15) is 44.1 Å². The van der Waals surface area contributed by atoms with E-state index in [2.05, 4.69) is 5.32 Å². The number of nitrogens with two attached hydrogens (primary N) is 1. The zero-order chi connectivity index (χ0) is 14.5. The predicted molar refractivity (Wildman–Crippen MR) is 79.5 cm³/mol. The number of anilines is 1. The van der Waals surface area contributed by atoms with Gasteiger partial charge in [-0.1, -0.05) is 25.7 Å². The topological polar surface area (TPSA) is 77.1 Å². The Balaban J connectivity index is 1.97. The highest BCUT2D eigenvalue weighted by Crippen LogP contribution is 2.17. The highest BCUT2D eigenvalue weighted by molar-refractivity contribution is 5.76. The van der Waals surface area contributed by atoms with Gasteiger partial charge in [-0.2, -0.15) is 0 Å². The van der Waals surface area contributed by atoms with Crippen molar-refractivity contribution in [3.8, 4) is 0 Å². The van der Waals surface area contributed by atoms with Gasteiger partial charge in [-0.05, 0) is 25.3 Å². The standard InChI is InChI=1S/C15H23N3O2/c1-11-8-15(20)18(9-13(11)16)10-14(19)17-12-6-4-2-3-5-7-12/h8-9,12H,2-7,10,16H2,1H3,(H,17,19). The van der Waals surface area contributed by atoms with Gasteiger partial charge in [-0.25, -0.2) is 0 Å². The molecule has 0 aromatic carbocycles. The summed E-state index contributed by atoms with van der Waals surface area (Å²) >= 11 is 0. The fraction of sp³-hybridized carbons (Fsp3) is 0.600. The molecule has 1 aliphatic rings. The van der Waals surface area contributed by atoms with Gasteiger partial charge in [0.15, 0.2) is 0 Å². The van der Waals surface area contributed by atoms with Gasteiger partial charge in [0, 0.05) is 18.3 Å². The number of amides is 1. The molecule has 0 radical (unpaired) electrons. The van der Waals surface area contributed by atoms with Crippen LogP contribution in [0.25, 0.3) is 0 Å². The maximum Gasteiger partial charge on any atom is 0.251 e. The first kappa shape index (κ1) is 14.6. The Morgan fingerprint density at radius 2 is 2.00 bits per heavy atom. The fourth-order valence-electron chi connectivity index (χ4n) is 2.66. The van der Waals surface area contributed by atoms with Crippen molar-refractivity contribution in [1.82, 2.24) is 9.88 Å². The lowest BCUT2D eigenvalue weighted by atomic mass is 10.1. The van der Waals surface area contributed by atoms with Gasteiger partial charge >= 0.3 is 0 Å². The third kappa shape index (κ3) is 3.85. The Morgan fingerprint density at radius 1 is 1.35 bits per heavy atom. The second-order valence-corrected chi connectivity index (χ2v) is 5.63. The third-order valence-corrected chi connectivity index (χ3v) is 3.91. The van der Waals surface area contributed by atoms with Crippen LogP contribution in [0.2, 0.25) is 0 Å². The molecule has 1 heterocycles. The molecular weight excluding hydrogens is 254 g/mol. The molecule has 2 rings (SSSR count). The number of aryl methyl sites for hydroxylation is 1. The summed E-state index contributed by atoms with van der Waals surface area (Å²) in [5.74, 6) is -0.109. The molecule has 1 aliphatic carbocycles. The van der Waals surface area contributed by atoms with Crippen LogP contribution >= 0.6 is 0 Å². The number of carbonyl (C=O) groups excluding carboxylic acids is 1. The van der Waals surface area contributed by atoms with Crippen molar-refractivity contribution in [1.29, 1.82) is 0 Å². The van der Waals surface area contributed by atoms with Crippen molar-refractivity contribution >= 4 is 11.6 Å². The smallest absolute Gasteiger partial charge is 0.251 e. The summed E-state index contributed by atoms with van der Waals surface area (Å²) in [6, 6.07) is 1.72. The average Bonchev–Trinajstić information content (AvgIpc) is 2.64. The van der Waals surface area contributed by atoms with E-state index >= 15 is 0 Å². The van der Waals surface area contributed by atoms with Crippen LogP contribution in [0.3, 0.4) is 0 Å². The minimum atomic E-state index is -0.187. The zero-order valence-electron chi connectivity index (χ0n) is 12.0. The Bertz CT molecular complexity index is 528. The van der Waals surface area contributed by atoms with Crippen LogP contribution in [-0.2, 0) is 11.3 Å². The van der Waals surface area contributed by atoms with Crippen LogP contribution in [0.15, 0.2) is 17.1 Å². The molecule has 3 N–H and O–H groups in total. The average molecular weight is 277 g/mol. The van der Waals surface area contributed by atoms with Gasteiger partial charge in [0.1, 0.15) is 6.54 Å². The fourth-order valence-corrected chi connectivity index (χ4v) is 2.66. The molecule has 1 amide bonds. The number of nitrogen functional groups attached to an aromatic ring is 1. The van der Waals surface area contributed by atoms with E-state index in [1.54, 1.807) is 13.1 Å². The second-order valence-electron chi connectivity index (χ2n) is 5.63. The van der Waals surface area contributed by atoms with Gasteiger partial charge in [-0.15, -0.1) is 0 Å². The lowest BCUT2D eigenvalue weighted by Crippen LogP contribution is -2.38. The van der Waals surface area contributed by atoms with Gasteiger partial charge in [-0.3, -0.25) is 9.59 Å². The Kier molecular flexibility index (Phi) is 4.82. The van der Waals surface area contributed by atoms with E-state index in [4.69, 9.17) is 5.73 Å². The molecule has 0 bridgehead atoms. The van der Waals surface area contributed by atoms with Crippen LogP contribution < -0.4 is 16.6 Å². The van der Waals surface area contributed by atoms with E-state index < -0.39 is 0 Å². The Morgan fingerprint density at radius 3 is 2.65 bits per heavy atom. The molecule has 0 spiro atoms. The second kappa shape index (κ2) is 6.59. The van der Waals surface area contributed by atoms with E-state index in [1.165, 1.54) is 36.3 Å². The Labute approximate surface area is 119 Å². The van der Waals surface area contributed by atoms with E-state index in [0.717, 1.165) is 18.4 Å². The molecular formula is C15H23N3O2. The quantitative estimate of drug-likeness (QED) is 0.823. The maximum atomic E-state index is 12.0. The van der Waals surface area contributed by atoms with E-state index in [1.807, 2.05) is 0 Å². The predicted octanol–water partition coefficient (Wildman–Crippen LogP) is 1.58.